The zero-order chi connectivity index (χ0) is 15.6. The van der Waals surface area contributed by atoms with Gasteiger partial charge in [-0.25, -0.2) is 9.97 Å². The normalized spacial score (nSPS) is 10.7. The first-order chi connectivity index (χ1) is 10.8. The molecule has 6 heteroatoms. The van der Waals surface area contributed by atoms with Crippen LogP contribution in [0.5, 0.6) is 0 Å². The van der Waals surface area contributed by atoms with Crippen LogP contribution in [0, 0.1) is 0 Å². The molecule has 0 aliphatic rings. The lowest BCUT2D eigenvalue weighted by Crippen LogP contribution is -2.04. The summed E-state index contributed by atoms with van der Waals surface area (Å²) in [7, 11) is 1.90. The molecule has 0 unspecified atom stereocenters. The zero-order valence-electron chi connectivity index (χ0n) is 14.4. The number of anilines is 1. The quantitative estimate of drug-likeness (QED) is 0.601. The van der Waals surface area contributed by atoms with Crippen molar-refractivity contribution in [2.24, 2.45) is 7.05 Å². The summed E-state index contributed by atoms with van der Waals surface area (Å²) < 4.78 is 1.78. The molecule has 2 rings (SSSR count). The highest BCUT2D eigenvalue weighted by Crippen LogP contribution is 2.17. The fourth-order valence-corrected chi connectivity index (χ4v) is 2.75. The number of halogens is 1. The molecule has 0 bridgehead atoms. The molecule has 0 saturated carbocycles. The Morgan fingerprint density at radius 2 is 1.61 bits per heavy atom. The topological polar surface area (TPSA) is 55.6 Å². The van der Waals surface area contributed by atoms with Crippen LogP contribution in [0.25, 0.3) is 11.0 Å². The highest BCUT2D eigenvalue weighted by Gasteiger charge is 2.06. The van der Waals surface area contributed by atoms with Gasteiger partial charge in [0.1, 0.15) is 12.1 Å². The Kier molecular flexibility index (Phi) is 9.60. The van der Waals surface area contributed by atoms with Crippen LogP contribution in [0.2, 0.25) is 0 Å². The number of rotatable bonds is 11. The molecule has 1 N–H and O–H groups in total. The van der Waals surface area contributed by atoms with Gasteiger partial charge in [0.15, 0.2) is 5.65 Å². The Morgan fingerprint density at radius 1 is 0.957 bits per heavy atom. The van der Waals surface area contributed by atoms with E-state index < -0.39 is 0 Å². The Labute approximate surface area is 145 Å². The van der Waals surface area contributed by atoms with Crippen LogP contribution in [-0.2, 0) is 7.05 Å². The first-order valence-electron chi connectivity index (χ1n) is 8.69. The molecule has 0 spiro atoms. The van der Waals surface area contributed by atoms with Crippen LogP contribution in [0.4, 0.5) is 5.82 Å². The van der Waals surface area contributed by atoms with Crippen molar-refractivity contribution in [3.8, 4) is 0 Å². The van der Waals surface area contributed by atoms with Crippen LogP contribution in [-0.4, -0.2) is 26.3 Å². The van der Waals surface area contributed by atoms with Crippen molar-refractivity contribution in [1.82, 2.24) is 19.7 Å². The Balaban J connectivity index is 0.00000264. The number of aromatic nitrogens is 4. The fourth-order valence-electron chi connectivity index (χ4n) is 2.75. The summed E-state index contributed by atoms with van der Waals surface area (Å²) in [6.07, 6.45) is 15.6. The van der Waals surface area contributed by atoms with Gasteiger partial charge < -0.3 is 5.32 Å². The number of nitrogens with zero attached hydrogens (tertiary/aromatic N) is 4. The van der Waals surface area contributed by atoms with Crippen LogP contribution in [0.1, 0.15) is 64.7 Å². The Bertz CT molecular complexity index is 555. The minimum absolute atomic E-state index is 0. The van der Waals surface area contributed by atoms with Crippen LogP contribution >= 0.6 is 12.4 Å². The standard InChI is InChI=1S/C17H29N5.ClH/c1-3-4-5-6-7-8-9-10-11-12-18-16-15-13-21-22(2)17(15)20-14-19-16;/h13-14H,3-12H2,1-2H3,(H,18,19,20);1H. The van der Waals surface area contributed by atoms with E-state index in [0.29, 0.717) is 0 Å². The zero-order valence-corrected chi connectivity index (χ0v) is 15.2. The molecule has 5 nitrogen and oxygen atoms in total. The molecule has 0 aliphatic carbocycles. The highest BCUT2D eigenvalue weighted by molar-refractivity contribution is 5.86. The van der Waals surface area contributed by atoms with E-state index in [-0.39, 0.29) is 12.4 Å². The minimum atomic E-state index is 0. The predicted molar refractivity (Wildman–Crippen MR) is 99.3 cm³/mol. The smallest absolute Gasteiger partial charge is 0.163 e. The molecule has 0 atom stereocenters. The summed E-state index contributed by atoms with van der Waals surface area (Å²) in [5, 5.41) is 8.65. The van der Waals surface area contributed by atoms with Crippen molar-refractivity contribution in [3.05, 3.63) is 12.5 Å². The van der Waals surface area contributed by atoms with E-state index in [9.17, 15) is 0 Å². The third-order valence-corrected chi connectivity index (χ3v) is 4.10. The van der Waals surface area contributed by atoms with E-state index in [1.54, 1.807) is 11.0 Å². The molecule has 0 fully saturated rings. The van der Waals surface area contributed by atoms with Gasteiger partial charge >= 0.3 is 0 Å². The van der Waals surface area contributed by atoms with Crippen LogP contribution in [0.3, 0.4) is 0 Å². The molecule has 0 radical (unpaired) electrons. The van der Waals surface area contributed by atoms with Crippen molar-refractivity contribution >= 4 is 29.3 Å². The molecule has 2 aromatic rings. The van der Waals surface area contributed by atoms with Crippen molar-refractivity contribution in [3.63, 3.8) is 0 Å². The lowest BCUT2D eigenvalue weighted by molar-refractivity contribution is 0.569. The molecule has 0 saturated heterocycles. The summed E-state index contributed by atoms with van der Waals surface area (Å²) >= 11 is 0. The lowest BCUT2D eigenvalue weighted by Gasteiger charge is -2.06. The monoisotopic (exact) mass is 339 g/mol. The average molecular weight is 340 g/mol. The summed E-state index contributed by atoms with van der Waals surface area (Å²) in [4.78, 5) is 8.57. The predicted octanol–water partition coefficient (Wildman–Crippen LogP) is 4.73. The first kappa shape index (κ1) is 19.7. The summed E-state index contributed by atoms with van der Waals surface area (Å²) in [5.74, 6) is 0.901. The van der Waals surface area contributed by atoms with Gasteiger partial charge in [0.25, 0.3) is 0 Å². The number of hydrogen-bond donors (Lipinski definition) is 1. The second-order valence-electron chi connectivity index (χ2n) is 5.98. The van der Waals surface area contributed by atoms with Gasteiger partial charge in [-0.05, 0) is 6.42 Å². The van der Waals surface area contributed by atoms with Crippen LogP contribution < -0.4 is 5.32 Å². The number of fused-ring (bicyclic) bond motifs is 1. The van der Waals surface area contributed by atoms with Crippen molar-refractivity contribution in [1.29, 1.82) is 0 Å². The van der Waals surface area contributed by atoms with E-state index >= 15 is 0 Å². The third kappa shape index (κ3) is 6.34. The minimum Gasteiger partial charge on any atom is -0.369 e. The first-order valence-corrected chi connectivity index (χ1v) is 8.69. The molecule has 0 aromatic carbocycles. The fraction of sp³-hybridized carbons (Fsp3) is 0.706. The molecule has 23 heavy (non-hydrogen) atoms. The van der Waals surface area contributed by atoms with Gasteiger partial charge in [-0.1, -0.05) is 58.3 Å². The Morgan fingerprint density at radius 3 is 2.30 bits per heavy atom. The second-order valence-corrected chi connectivity index (χ2v) is 5.98. The van der Waals surface area contributed by atoms with Crippen LogP contribution in [0.15, 0.2) is 12.5 Å². The molecule has 0 aliphatic heterocycles. The maximum Gasteiger partial charge on any atom is 0.163 e. The summed E-state index contributed by atoms with van der Waals surface area (Å²) in [5.41, 5.74) is 0.879. The SMILES string of the molecule is CCCCCCCCCCCNc1ncnc2c1cnn2C.Cl. The third-order valence-electron chi connectivity index (χ3n) is 4.10. The van der Waals surface area contributed by atoms with Crippen molar-refractivity contribution < 1.29 is 0 Å². The molecular formula is C17H30ClN5. The number of unbranched alkanes of at least 4 members (excludes halogenated alkanes) is 8. The summed E-state index contributed by atoms with van der Waals surface area (Å²) in [6, 6.07) is 0. The van der Waals surface area contributed by atoms with Gasteiger partial charge in [0, 0.05) is 13.6 Å². The molecular weight excluding hydrogens is 310 g/mol. The average Bonchev–Trinajstić information content (AvgIpc) is 2.91. The number of aryl methyl sites for hydroxylation is 1. The number of hydrogen-bond acceptors (Lipinski definition) is 4. The molecule has 2 aromatic heterocycles. The van der Waals surface area contributed by atoms with Gasteiger partial charge in [-0.15, -0.1) is 12.4 Å². The Hall–Kier alpha value is -1.36. The lowest BCUT2D eigenvalue weighted by atomic mass is 10.1. The van der Waals surface area contributed by atoms with E-state index in [4.69, 9.17) is 0 Å². The molecule has 2 heterocycles. The van der Waals surface area contributed by atoms with Gasteiger partial charge in [0.2, 0.25) is 0 Å². The van der Waals surface area contributed by atoms with Gasteiger partial charge in [-0.3, -0.25) is 4.68 Å². The van der Waals surface area contributed by atoms with E-state index in [0.717, 1.165) is 23.4 Å². The molecule has 0 amide bonds. The summed E-state index contributed by atoms with van der Waals surface area (Å²) in [6.45, 7) is 3.24. The molecule has 130 valence electrons. The largest absolute Gasteiger partial charge is 0.369 e. The maximum atomic E-state index is 4.32. The maximum absolute atomic E-state index is 4.32. The second kappa shape index (κ2) is 11.2. The highest BCUT2D eigenvalue weighted by atomic mass is 35.5. The van der Waals surface area contributed by atoms with E-state index in [1.807, 2.05) is 13.2 Å². The van der Waals surface area contributed by atoms with E-state index in [1.165, 1.54) is 57.8 Å². The van der Waals surface area contributed by atoms with E-state index in [2.05, 4.69) is 27.3 Å². The van der Waals surface area contributed by atoms with Crippen molar-refractivity contribution in [2.45, 2.75) is 64.7 Å². The van der Waals surface area contributed by atoms with Crippen molar-refractivity contribution in [2.75, 3.05) is 11.9 Å². The van der Waals surface area contributed by atoms with Gasteiger partial charge in [-0.2, -0.15) is 5.10 Å². The number of nitrogens with one attached hydrogen (secondary N) is 1. The van der Waals surface area contributed by atoms with Gasteiger partial charge in [0.05, 0.1) is 11.6 Å².